The van der Waals surface area contributed by atoms with E-state index in [0.717, 1.165) is 0 Å². The van der Waals surface area contributed by atoms with Gasteiger partial charge in [0.2, 0.25) is 11.8 Å². The Morgan fingerprint density at radius 3 is 2.36 bits per heavy atom. The number of piperidine rings is 1. The first-order valence-electron chi connectivity index (χ1n) is 8.30. The fourth-order valence-corrected chi connectivity index (χ4v) is 3.16. The van der Waals surface area contributed by atoms with Gasteiger partial charge in [0, 0.05) is 26.1 Å². The number of hydrogen-bond acceptors (Lipinski definition) is 4. The number of benzene rings is 1. The molecular formula is C19H24N2O4. The van der Waals surface area contributed by atoms with Crippen LogP contribution in [-0.2, 0) is 19.1 Å². The SMILES string of the molecule is C=CC(=O)N1CCC(C(=O)N(C)C(C(=O)OC)c2ccccc2)CC1. The molecule has 0 saturated carbocycles. The van der Waals surface area contributed by atoms with E-state index >= 15 is 0 Å². The third-order valence-electron chi connectivity index (χ3n) is 4.61. The van der Waals surface area contributed by atoms with Gasteiger partial charge in [0.05, 0.1) is 7.11 Å². The van der Waals surface area contributed by atoms with Crippen LogP contribution in [0.25, 0.3) is 0 Å². The maximum Gasteiger partial charge on any atom is 0.333 e. The number of carbonyl (C=O) groups is 3. The van der Waals surface area contributed by atoms with Crippen LogP contribution >= 0.6 is 0 Å². The fourth-order valence-electron chi connectivity index (χ4n) is 3.16. The topological polar surface area (TPSA) is 66.9 Å². The van der Waals surface area contributed by atoms with Crippen LogP contribution < -0.4 is 0 Å². The molecule has 0 aliphatic carbocycles. The molecule has 0 aromatic heterocycles. The molecule has 1 aliphatic heterocycles. The van der Waals surface area contributed by atoms with Crippen LogP contribution in [0.15, 0.2) is 43.0 Å². The molecule has 0 spiro atoms. The quantitative estimate of drug-likeness (QED) is 0.603. The Morgan fingerprint density at radius 2 is 1.84 bits per heavy atom. The van der Waals surface area contributed by atoms with Crippen molar-refractivity contribution in [2.45, 2.75) is 18.9 Å². The van der Waals surface area contributed by atoms with Crippen LogP contribution in [0.4, 0.5) is 0 Å². The lowest BCUT2D eigenvalue weighted by Crippen LogP contribution is -2.45. The van der Waals surface area contributed by atoms with Gasteiger partial charge in [-0.05, 0) is 24.5 Å². The molecule has 1 fully saturated rings. The highest BCUT2D eigenvalue weighted by molar-refractivity contribution is 5.88. The predicted octanol–water partition coefficient (Wildman–Crippen LogP) is 1.78. The third kappa shape index (κ3) is 4.26. The van der Waals surface area contributed by atoms with Crippen LogP contribution in [0.1, 0.15) is 24.4 Å². The Hall–Kier alpha value is -2.63. The summed E-state index contributed by atoms with van der Waals surface area (Å²) in [6, 6.07) is 8.33. The molecule has 1 heterocycles. The molecule has 6 nitrogen and oxygen atoms in total. The van der Waals surface area contributed by atoms with Crippen LogP contribution in [0.5, 0.6) is 0 Å². The van der Waals surface area contributed by atoms with Gasteiger partial charge in [-0.1, -0.05) is 36.9 Å². The van der Waals surface area contributed by atoms with Crippen LogP contribution in [0.3, 0.4) is 0 Å². The summed E-state index contributed by atoms with van der Waals surface area (Å²) in [5, 5.41) is 0. The summed E-state index contributed by atoms with van der Waals surface area (Å²) >= 11 is 0. The number of likely N-dealkylation sites (tertiary alicyclic amines) is 1. The maximum atomic E-state index is 12.9. The van der Waals surface area contributed by atoms with Gasteiger partial charge in [-0.2, -0.15) is 0 Å². The second-order valence-corrected chi connectivity index (χ2v) is 6.09. The van der Waals surface area contributed by atoms with Crippen LogP contribution in [0.2, 0.25) is 0 Å². The van der Waals surface area contributed by atoms with E-state index in [2.05, 4.69) is 6.58 Å². The van der Waals surface area contributed by atoms with Crippen LogP contribution in [-0.4, -0.2) is 54.8 Å². The Kier molecular flexibility index (Phi) is 6.33. The minimum absolute atomic E-state index is 0.107. The zero-order valence-electron chi connectivity index (χ0n) is 14.7. The normalized spacial score (nSPS) is 16.0. The first-order valence-corrected chi connectivity index (χ1v) is 8.30. The van der Waals surface area contributed by atoms with Crippen molar-refractivity contribution in [1.29, 1.82) is 0 Å². The van der Waals surface area contributed by atoms with E-state index < -0.39 is 12.0 Å². The fraction of sp³-hybridized carbons (Fsp3) is 0.421. The summed E-state index contributed by atoms with van der Waals surface area (Å²) in [6.45, 7) is 4.52. The van der Waals surface area contributed by atoms with E-state index in [0.29, 0.717) is 31.5 Å². The molecular weight excluding hydrogens is 320 g/mol. The molecule has 0 N–H and O–H groups in total. The van der Waals surface area contributed by atoms with Gasteiger partial charge in [-0.25, -0.2) is 4.79 Å². The molecule has 6 heteroatoms. The van der Waals surface area contributed by atoms with E-state index in [1.807, 2.05) is 18.2 Å². The third-order valence-corrected chi connectivity index (χ3v) is 4.61. The molecule has 1 aromatic carbocycles. The Labute approximate surface area is 148 Å². The van der Waals surface area contributed by atoms with Crippen molar-refractivity contribution in [3.8, 4) is 0 Å². The molecule has 1 aromatic rings. The van der Waals surface area contributed by atoms with Gasteiger partial charge in [0.1, 0.15) is 0 Å². The van der Waals surface area contributed by atoms with Crippen molar-refractivity contribution in [1.82, 2.24) is 9.80 Å². The van der Waals surface area contributed by atoms with E-state index in [-0.39, 0.29) is 17.7 Å². The zero-order valence-corrected chi connectivity index (χ0v) is 14.7. The van der Waals surface area contributed by atoms with Gasteiger partial charge in [0.15, 0.2) is 6.04 Å². The average molecular weight is 344 g/mol. The van der Waals surface area contributed by atoms with Crippen LogP contribution in [0, 0.1) is 5.92 Å². The lowest BCUT2D eigenvalue weighted by Gasteiger charge is -2.34. The first kappa shape index (κ1) is 18.7. The van der Waals surface area contributed by atoms with Crippen molar-refractivity contribution in [3.63, 3.8) is 0 Å². The smallest absolute Gasteiger partial charge is 0.333 e. The largest absolute Gasteiger partial charge is 0.467 e. The number of nitrogens with zero attached hydrogens (tertiary/aromatic N) is 2. The number of likely N-dealkylation sites (N-methyl/N-ethyl adjacent to an activating group) is 1. The number of hydrogen-bond donors (Lipinski definition) is 0. The molecule has 1 atom stereocenters. The molecule has 2 rings (SSSR count). The van der Waals surface area contributed by atoms with Gasteiger partial charge in [-0.15, -0.1) is 0 Å². The molecule has 1 aliphatic rings. The summed E-state index contributed by atoms with van der Waals surface area (Å²) in [4.78, 5) is 39.9. The lowest BCUT2D eigenvalue weighted by atomic mass is 9.94. The summed E-state index contributed by atoms with van der Waals surface area (Å²) in [6.07, 6.45) is 2.44. The van der Waals surface area contributed by atoms with E-state index in [1.165, 1.54) is 18.1 Å². The summed E-state index contributed by atoms with van der Waals surface area (Å²) < 4.78 is 4.89. The average Bonchev–Trinajstić information content (AvgIpc) is 2.67. The molecule has 2 amide bonds. The van der Waals surface area contributed by atoms with Crippen molar-refractivity contribution >= 4 is 17.8 Å². The second-order valence-electron chi connectivity index (χ2n) is 6.09. The molecule has 1 saturated heterocycles. The highest BCUT2D eigenvalue weighted by Gasteiger charge is 2.34. The van der Waals surface area contributed by atoms with E-state index in [1.54, 1.807) is 24.1 Å². The lowest BCUT2D eigenvalue weighted by molar-refractivity contribution is -0.154. The van der Waals surface area contributed by atoms with E-state index in [4.69, 9.17) is 4.74 Å². The number of carbonyl (C=O) groups excluding carboxylic acids is 3. The number of esters is 1. The van der Waals surface area contributed by atoms with Crippen molar-refractivity contribution in [2.24, 2.45) is 5.92 Å². The summed E-state index contributed by atoms with van der Waals surface area (Å²) in [5.74, 6) is -0.906. The number of methoxy groups -OCH3 is 1. The monoisotopic (exact) mass is 344 g/mol. The molecule has 0 bridgehead atoms. The molecule has 0 radical (unpaired) electrons. The number of rotatable bonds is 5. The number of amides is 2. The Balaban J connectivity index is 2.10. The summed E-state index contributed by atoms with van der Waals surface area (Å²) in [7, 11) is 2.94. The highest BCUT2D eigenvalue weighted by atomic mass is 16.5. The summed E-state index contributed by atoms with van der Waals surface area (Å²) in [5.41, 5.74) is 0.712. The van der Waals surface area contributed by atoms with Crippen molar-refractivity contribution < 1.29 is 19.1 Å². The molecule has 134 valence electrons. The number of ether oxygens (including phenoxy) is 1. The Morgan fingerprint density at radius 1 is 1.24 bits per heavy atom. The van der Waals surface area contributed by atoms with Crippen molar-refractivity contribution in [3.05, 3.63) is 48.6 Å². The van der Waals surface area contributed by atoms with Gasteiger partial charge < -0.3 is 14.5 Å². The van der Waals surface area contributed by atoms with Crippen molar-refractivity contribution in [2.75, 3.05) is 27.2 Å². The minimum atomic E-state index is -0.772. The first-order chi connectivity index (χ1) is 12.0. The zero-order chi connectivity index (χ0) is 18.4. The molecule has 25 heavy (non-hydrogen) atoms. The minimum Gasteiger partial charge on any atom is -0.467 e. The molecule has 1 unspecified atom stereocenters. The Bertz CT molecular complexity index is 636. The van der Waals surface area contributed by atoms with E-state index in [9.17, 15) is 14.4 Å². The van der Waals surface area contributed by atoms with Gasteiger partial charge >= 0.3 is 5.97 Å². The van der Waals surface area contributed by atoms with Gasteiger partial charge in [0.25, 0.3) is 0 Å². The predicted molar refractivity (Wildman–Crippen MR) is 93.5 cm³/mol. The highest BCUT2D eigenvalue weighted by Crippen LogP contribution is 2.26. The second kappa shape index (κ2) is 8.46. The standard InChI is InChI=1S/C19H24N2O4/c1-4-16(22)21-12-10-15(11-13-21)18(23)20(2)17(19(24)25-3)14-8-6-5-7-9-14/h4-9,15,17H,1,10-13H2,2-3H3. The maximum absolute atomic E-state index is 12.9. The van der Waals surface area contributed by atoms with Gasteiger partial charge in [-0.3, -0.25) is 9.59 Å².